The highest BCUT2D eigenvalue weighted by molar-refractivity contribution is 6.27. The summed E-state index contributed by atoms with van der Waals surface area (Å²) in [6.45, 7) is 0.953. The Balaban J connectivity index is 1.85. The van der Waals surface area contributed by atoms with Crippen molar-refractivity contribution in [1.82, 2.24) is 10.2 Å². The minimum absolute atomic E-state index is 0.101. The van der Waals surface area contributed by atoms with E-state index in [0.717, 1.165) is 38.5 Å². The minimum Gasteiger partial charge on any atom is -0.376 e. The highest BCUT2D eigenvalue weighted by Gasteiger charge is 2.34. The Labute approximate surface area is 176 Å². The third kappa shape index (κ3) is 6.16. The van der Waals surface area contributed by atoms with Crippen molar-refractivity contribution in [1.29, 1.82) is 0 Å². The van der Waals surface area contributed by atoms with E-state index >= 15 is 0 Å². The van der Waals surface area contributed by atoms with Gasteiger partial charge in [0, 0.05) is 19.2 Å². The predicted octanol–water partition coefficient (Wildman–Crippen LogP) is 3.95. The van der Waals surface area contributed by atoms with Crippen LogP contribution in [0, 0.1) is 5.82 Å². The molecule has 7 heteroatoms. The van der Waals surface area contributed by atoms with Gasteiger partial charge in [-0.2, -0.15) is 0 Å². The topological polar surface area (TPSA) is 58.6 Å². The lowest BCUT2D eigenvalue weighted by Gasteiger charge is -2.33. The summed E-state index contributed by atoms with van der Waals surface area (Å²) in [4.78, 5) is 27.6. The maximum Gasteiger partial charge on any atom is 0.247 e. The highest BCUT2D eigenvalue weighted by atomic mass is 35.5. The van der Waals surface area contributed by atoms with Crippen LogP contribution >= 0.6 is 11.6 Å². The fourth-order valence-electron chi connectivity index (χ4n) is 4.26. The van der Waals surface area contributed by atoms with Gasteiger partial charge >= 0.3 is 0 Å². The molecule has 1 saturated carbocycles. The molecule has 1 N–H and O–H groups in total. The zero-order chi connectivity index (χ0) is 20.6. The first-order chi connectivity index (χ1) is 14.1. The van der Waals surface area contributed by atoms with Gasteiger partial charge in [0.05, 0.1) is 6.10 Å². The number of ether oxygens (including phenoxy) is 1. The third-order valence-corrected chi connectivity index (χ3v) is 6.03. The second-order valence-corrected chi connectivity index (χ2v) is 8.23. The van der Waals surface area contributed by atoms with Crippen molar-refractivity contribution in [2.24, 2.45) is 0 Å². The lowest BCUT2D eigenvalue weighted by atomic mass is 10.0. The summed E-state index contributed by atoms with van der Waals surface area (Å²) < 4.78 is 19.2. The van der Waals surface area contributed by atoms with Crippen molar-refractivity contribution in [3.63, 3.8) is 0 Å². The molecule has 2 amide bonds. The van der Waals surface area contributed by atoms with Crippen LogP contribution in [-0.2, 0) is 14.3 Å². The molecule has 0 spiro atoms. The van der Waals surface area contributed by atoms with Gasteiger partial charge in [-0.05, 0) is 43.4 Å². The van der Waals surface area contributed by atoms with Crippen LogP contribution in [-0.4, -0.2) is 47.9 Å². The second kappa shape index (κ2) is 10.9. The molecule has 0 aromatic heterocycles. The molecule has 2 aliphatic rings. The zero-order valence-corrected chi connectivity index (χ0v) is 17.5. The molecule has 1 aliphatic heterocycles. The molecule has 0 bridgehead atoms. The molecule has 1 aliphatic carbocycles. The van der Waals surface area contributed by atoms with E-state index in [4.69, 9.17) is 16.3 Å². The van der Waals surface area contributed by atoms with Crippen molar-refractivity contribution in [2.45, 2.75) is 69.6 Å². The quantitative estimate of drug-likeness (QED) is 0.532. The van der Waals surface area contributed by atoms with E-state index < -0.39 is 6.04 Å². The van der Waals surface area contributed by atoms with Gasteiger partial charge in [0.15, 0.2) is 0 Å². The number of amides is 2. The van der Waals surface area contributed by atoms with Crippen molar-refractivity contribution >= 4 is 23.4 Å². The standard InChI is InChI=1S/C22H30ClFN2O3/c23-14-20(27)26(15-19-8-5-13-29-19)21(16-9-11-17(24)12-10-16)22(28)25-18-6-3-1-2-4-7-18/h9-12,18-19,21H,1-8,13-15H2,(H,25,28)/t19-,21-/m0/s1. The van der Waals surface area contributed by atoms with Crippen LogP contribution in [0.2, 0.25) is 0 Å². The first kappa shape index (κ1) is 22.0. The summed E-state index contributed by atoms with van der Waals surface area (Å²) in [6.07, 6.45) is 8.09. The Bertz CT molecular complexity index is 671. The van der Waals surface area contributed by atoms with Gasteiger partial charge in [-0.25, -0.2) is 4.39 Å². The molecule has 1 aromatic rings. The first-order valence-electron chi connectivity index (χ1n) is 10.6. The SMILES string of the molecule is O=C(NC1CCCCCC1)[C@H](c1ccc(F)cc1)N(C[C@@H]1CCCO1)C(=O)CCl. The fraction of sp³-hybridized carbons (Fsp3) is 0.636. The van der Waals surface area contributed by atoms with Crippen LogP contribution in [0.25, 0.3) is 0 Å². The summed E-state index contributed by atoms with van der Waals surface area (Å²) in [5.74, 6) is -1.17. The molecule has 5 nitrogen and oxygen atoms in total. The molecule has 2 fully saturated rings. The van der Waals surface area contributed by atoms with Gasteiger partial charge in [0.25, 0.3) is 0 Å². The van der Waals surface area contributed by atoms with Crippen molar-refractivity contribution in [2.75, 3.05) is 19.0 Å². The average molecular weight is 425 g/mol. The Morgan fingerprint density at radius 1 is 1.10 bits per heavy atom. The summed E-state index contributed by atoms with van der Waals surface area (Å²) in [7, 11) is 0. The van der Waals surface area contributed by atoms with E-state index in [1.165, 1.54) is 29.9 Å². The Morgan fingerprint density at radius 2 is 1.79 bits per heavy atom. The van der Waals surface area contributed by atoms with E-state index in [-0.39, 0.29) is 35.7 Å². The number of alkyl halides is 1. The van der Waals surface area contributed by atoms with E-state index in [0.29, 0.717) is 18.7 Å². The molecule has 3 rings (SSSR count). The summed E-state index contributed by atoms with van der Waals surface area (Å²) in [6, 6.07) is 5.01. The largest absolute Gasteiger partial charge is 0.376 e. The fourth-order valence-corrected chi connectivity index (χ4v) is 4.41. The molecule has 1 saturated heterocycles. The van der Waals surface area contributed by atoms with Crippen LogP contribution in [0.1, 0.15) is 63.0 Å². The normalized spacial score (nSPS) is 21.4. The van der Waals surface area contributed by atoms with Gasteiger partial charge in [-0.1, -0.05) is 37.8 Å². The molecule has 160 valence electrons. The Kier molecular flexibility index (Phi) is 8.30. The number of nitrogens with one attached hydrogen (secondary N) is 1. The van der Waals surface area contributed by atoms with E-state index in [1.54, 1.807) is 12.1 Å². The van der Waals surface area contributed by atoms with Crippen LogP contribution < -0.4 is 5.32 Å². The molecule has 0 radical (unpaired) electrons. The number of carbonyl (C=O) groups is 2. The minimum atomic E-state index is -0.852. The number of halogens is 2. The van der Waals surface area contributed by atoms with Crippen molar-refractivity contribution in [3.05, 3.63) is 35.6 Å². The zero-order valence-electron chi connectivity index (χ0n) is 16.7. The number of hydrogen-bond donors (Lipinski definition) is 1. The monoisotopic (exact) mass is 424 g/mol. The molecular weight excluding hydrogens is 395 g/mol. The van der Waals surface area contributed by atoms with Crippen LogP contribution in [0.4, 0.5) is 4.39 Å². The Morgan fingerprint density at radius 3 is 2.38 bits per heavy atom. The van der Waals surface area contributed by atoms with Gasteiger partial charge in [-0.15, -0.1) is 11.6 Å². The lowest BCUT2D eigenvalue weighted by molar-refractivity contribution is -0.141. The molecule has 29 heavy (non-hydrogen) atoms. The molecule has 1 heterocycles. The van der Waals surface area contributed by atoms with Gasteiger partial charge in [-0.3, -0.25) is 9.59 Å². The molecular formula is C22H30ClFN2O3. The summed E-state index contributed by atoms with van der Waals surface area (Å²) >= 11 is 5.88. The van der Waals surface area contributed by atoms with Crippen molar-refractivity contribution in [3.8, 4) is 0 Å². The third-order valence-electron chi connectivity index (χ3n) is 5.81. The second-order valence-electron chi connectivity index (χ2n) is 7.97. The summed E-state index contributed by atoms with van der Waals surface area (Å²) in [5.41, 5.74) is 0.578. The van der Waals surface area contributed by atoms with Gasteiger partial charge in [0.2, 0.25) is 11.8 Å². The number of carbonyl (C=O) groups excluding carboxylic acids is 2. The Hall–Kier alpha value is -1.66. The van der Waals surface area contributed by atoms with Gasteiger partial charge in [0.1, 0.15) is 17.7 Å². The predicted molar refractivity (Wildman–Crippen MR) is 110 cm³/mol. The van der Waals surface area contributed by atoms with E-state index in [9.17, 15) is 14.0 Å². The molecule has 1 aromatic carbocycles. The smallest absolute Gasteiger partial charge is 0.247 e. The molecule has 2 atom stereocenters. The average Bonchev–Trinajstić information content (AvgIpc) is 3.11. The van der Waals surface area contributed by atoms with Crippen LogP contribution in [0.15, 0.2) is 24.3 Å². The van der Waals surface area contributed by atoms with Crippen LogP contribution in [0.5, 0.6) is 0 Å². The van der Waals surface area contributed by atoms with Crippen LogP contribution in [0.3, 0.4) is 0 Å². The van der Waals surface area contributed by atoms with E-state index in [2.05, 4.69) is 5.32 Å². The number of hydrogen-bond acceptors (Lipinski definition) is 3. The number of nitrogens with zero attached hydrogens (tertiary/aromatic N) is 1. The summed E-state index contributed by atoms with van der Waals surface area (Å²) in [5, 5.41) is 3.15. The first-order valence-corrected chi connectivity index (χ1v) is 11.1. The molecule has 0 unspecified atom stereocenters. The lowest BCUT2D eigenvalue weighted by Crippen LogP contribution is -2.49. The maximum atomic E-state index is 13.5. The number of benzene rings is 1. The number of rotatable bonds is 7. The highest BCUT2D eigenvalue weighted by Crippen LogP contribution is 2.26. The van der Waals surface area contributed by atoms with Gasteiger partial charge < -0.3 is 15.0 Å². The van der Waals surface area contributed by atoms with E-state index in [1.807, 2.05) is 0 Å². The van der Waals surface area contributed by atoms with Crippen molar-refractivity contribution < 1.29 is 18.7 Å². The maximum absolute atomic E-state index is 13.5.